The third kappa shape index (κ3) is 5.54. The van der Waals surface area contributed by atoms with Crippen molar-refractivity contribution in [2.75, 3.05) is 0 Å². The van der Waals surface area contributed by atoms with Gasteiger partial charge in [0.2, 0.25) is 0 Å². The van der Waals surface area contributed by atoms with E-state index in [0.29, 0.717) is 23.8 Å². The van der Waals surface area contributed by atoms with Gasteiger partial charge < -0.3 is 19.7 Å². The van der Waals surface area contributed by atoms with Crippen LogP contribution in [0.4, 0.5) is 0 Å². The number of hydrogen-bond donors (Lipinski definition) is 2. The lowest BCUT2D eigenvalue weighted by atomic mass is 9.45. The molecule has 0 radical (unpaired) electrons. The van der Waals surface area contributed by atoms with Crippen LogP contribution in [0.25, 0.3) is 0 Å². The van der Waals surface area contributed by atoms with Gasteiger partial charge in [-0.05, 0) is 102 Å². The van der Waals surface area contributed by atoms with Crippen molar-refractivity contribution in [3.63, 3.8) is 0 Å². The second-order valence-corrected chi connectivity index (χ2v) is 15.7. The highest BCUT2D eigenvalue weighted by molar-refractivity contribution is 5.89. The highest BCUT2D eigenvalue weighted by Gasteiger charge is 2.65. The average molecular weight is 619 g/mol. The van der Waals surface area contributed by atoms with Gasteiger partial charge in [-0.25, -0.2) is 4.79 Å². The molecule has 5 rings (SSSR count). The largest absolute Gasteiger partial charge is 0.458 e. The van der Waals surface area contributed by atoms with Gasteiger partial charge in [-0.1, -0.05) is 84.9 Å². The number of rotatable bonds is 8. The van der Waals surface area contributed by atoms with E-state index in [1.807, 2.05) is 6.07 Å². The van der Waals surface area contributed by atoms with Gasteiger partial charge in [-0.3, -0.25) is 4.79 Å². The first kappa shape index (κ1) is 33.7. The smallest absolute Gasteiger partial charge is 0.338 e. The van der Waals surface area contributed by atoms with Gasteiger partial charge in [0, 0.05) is 12.3 Å². The van der Waals surface area contributed by atoms with Crippen molar-refractivity contribution in [3.05, 3.63) is 70.8 Å². The highest BCUT2D eigenvalue weighted by Crippen LogP contribution is 2.67. The van der Waals surface area contributed by atoms with Crippen LogP contribution in [0.5, 0.6) is 0 Å². The standard InChI is InChI=1S/C39H54O6/c1-22(2)23(3)15-16-24(4)28-18-19-29-27-17-20-31-37(6,7)34(42)30(45-36(43)26-13-11-10-12-14-26)21-38(31,8)32(27)33(41)35(39(28,29)9)44-25(5)40/h10-14,19,22,24,28,30-31,33-35,41-42H,3,15-18,20-21H2,1-2,4-9H3/t24-,28-,30-,31?,33-,34+,35+,38?,39?/m1/s1. The summed E-state index contributed by atoms with van der Waals surface area (Å²) in [5.74, 6) is 0.142. The number of fused-ring (bicyclic) bond motifs is 4. The molecule has 0 aliphatic heterocycles. The quantitative estimate of drug-likeness (QED) is 0.230. The molecule has 0 saturated heterocycles. The zero-order chi connectivity index (χ0) is 33.1. The molecule has 4 aliphatic carbocycles. The first-order valence-electron chi connectivity index (χ1n) is 17.0. The van der Waals surface area contributed by atoms with Crippen molar-refractivity contribution in [2.45, 2.75) is 118 Å². The topological polar surface area (TPSA) is 93.1 Å². The molecule has 6 nitrogen and oxygen atoms in total. The fourth-order valence-corrected chi connectivity index (χ4v) is 9.91. The fourth-order valence-electron chi connectivity index (χ4n) is 9.91. The molecule has 4 aliphatic rings. The second-order valence-electron chi connectivity index (χ2n) is 15.7. The monoisotopic (exact) mass is 618 g/mol. The summed E-state index contributed by atoms with van der Waals surface area (Å²) in [6, 6.07) is 8.86. The van der Waals surface area contributed by atoms with Crippen LogP contribution in [0.15, 0.2) is 65.3 Å². The molecule has 0 amide bonds. The molecule has 1 saturated carbocycles. The molecule has 1 aromatic rings. The van der Waals surface area contributed by atoms with Crippen molar-refractivity contribution < 1.29 is 29.3 Å². The van der Waals surface area contributed by atoms with E-state index in [1.54, 1.807) is 24.3 Å². The maximum atomic E-state index is 13.2. The third-order valence-corrected chi connectivity index (χ3v) is 12.4. The molecule has 0 bridgehead atoms. The third-order valence-electron chi connectivity index (χ3n) is 12.4. The minimum Gasteiger partial charge on any atom is -0.458 e. The summed E-state index contributed by atoms with van der Waals surface area (Å²) in [5, 5.41) is 24.1. The Morgan fingerprint density at radius 2 is 1.71 bits per heavy atom. The van der Waals surface area contributed by atoms with Gasteiger partial charge in [-0.2, -0.15) is 0 Å². The van der Waals surface area contributed by atoms with E-state index in [-0.39, 0.29) is 11.8 Å². The summed E-state index contributed by atoms with van der Waals surface area (Å²) in [5.41, 5.74) is 3.25. The zero-order valence-corrected chi connectivity index (χ0v) is 28.6. The fraction of sp³-hybridized carbons (Fsp3) is 0.641. The maximum Gasteiger partial charge on any atom is 0.338 e. The molecule has 0 spiro atoms. The lowest BCUT2D eigenvalue weighted by Crippen LogP contribution is -2.63. The summed E-state index contributed by atoms with van der Waals surface area (Å²) in [6.45, 7) is 20.8. The number of esters is 2. The second kappa shape index (κ2) is 12.2. The Labute approximate surface area is 270 Å². The molecular formula is C39H54O6. The van der Waals surface area contributed by atoms with E-state index in [4.69, 9.17) is 9.47 Å². The number of carbonyl (C=O) groups is 2. The van der Waals surface area contributed by atoms with Crippen LogP contribution < -0.4 is 0 Å². The molecule has 9 atom stereocenters. The molecule has 3 unspecified atom stereocenters. The molecule has 1 fully saturated rings. The summed E-state index contributed by atoms with van der Waals surface area (Å²) in [4.78, 5) is 25.9. The number of benzene rings is 1. The number of carbonyl (C=O) groups excluding carboxylic acids is 2. The molecule has 6 heteroatoms. The van der Waals surface area contributed by atoms with E-state index in [1.165, 1.54) is 23.6 Å². The minimum absolute atomic E-state index is 0.0289. The Morgan fingerprint density at radius 3 is 2.33 bits per heavy atom. The zero-order valence-electron chi connectivity index (χ0n) is 28.6. The Bertz CT molecular complexity index is 1390. The van der Waals surface area contributed by atoms with Gasteiger partial charge in [-0.15, -0.1) is 0 Å². The molecule has 0 aromatic heterocycles. The van der Waals surface area contributed by atoms with Crippen molar-refractivity contribution >= 4 is 11.9 Å². The SMILES string of the molecule is C=C(CC[C@@H](C)[C@H]1CC=C2C3=C([C@@H](O)[C@H](OC(C)=O)C21C)C1(C)C[C@@H](OC(=O)c2ccccc2)[C@H](O)C(C)(C)C1CC3)C(C)C. The molecule has 246 valence electrons. The molecule has 2 N–H and O–H groups in total. The molecule has 45 heavy (non-hydrogen) atoms. The average Bonchev–Trinajstić information content (AvgIpc) is 3.34. The number of aliphatic hydroxyl groups is 2. The lowest BCUT2D eigenvalue weighted by Gasteiger charge is -2.62. The first-order valence-corrected chi connectivity index (χ1v) is 17.0. The number of aliphatic hydroxyl groups excluding tert-OH is 2. The summed E-state index contributed by atoms with van der Waals surface area (Å²) in [6.07, 6.45) is 3.81. The van der Waals surface area contributed by atoms with Crippen molar-refractivity contribution in [1.82, 2.24) is 0 Å². The molecule has 0 heterocycles. The van der Waals surface area contributed by atoms with E-state index >= 15 is 0 Å². The van der Waals surface area contributed by atoms with Crippen LogP contribution in [0.2, 0.25) is 0 Å². The Morgan fingerprint density at radius 1 is 1.04 bits per heavy atom. The van der Waals surface area contributed by atoms with Crippen molar-refractivity contribution in [3.8, 4) is 0 Å². The van der Waals surface area contributed by atoms with E-state index < -0.39 is 52.6 Å². The van der Waals surface area contributed by atoms with E-state index in [0.717, 1.165) is 37.7 Å². The Balaban J connectivity index is 1.54. The summed E-state index contributed by atoms with van der Waals surface area (Å²) >= 11 is 0. The predicted molar refractivity (Wildman–Crippen MR) is 176 cm³/mol. The van der Waals surface area contributed by atoms with E-state index in [2.05, 4.69) is 61.1 Å². The summed E-state index contributed by atoms with van der Waals surface area (Å²) in [7, 11) is 0. The van der Waals surface area contributed by atoms with Crippen LogP contribution in [-0.4, -0.2) is 46.6 Å². The van der Waals surface area contributed by atoms with Crippen LogP contribution in [-0.2, 0) is 14.3 Å². The Hall–Kier alpha value is -2.70. The van der Waals surface area contributed by atoms with Gasteiger partial charge in [0.25, 0.3) is 0 Å². The first-order chi connectivity index (χ1) is 21.0. The van der Waals surface area contributed by atoms with Crippen molar-refractivity contribution in [1.29, 1.82) is 0 Å². The molecule has 1 aromatic carbocycles. The number of allylic oxidation sites excluding steroid dienone is 3. The normalized spacial score (nSPS) is 35.9. The highest BCUT2D eigenvalue weighted by atomic mass is 16.6. The Kier molecular flexibility index (Phi) is 9.09. The minimum atomic E-state index is -1.01. The lowest BCUT2D eigenvalue weighted by molar-refractivity contribution is -0.177. The van der Waals surface area contributed by atoms with Gasteiger partial charge >= 0.3 is 11.9 Å². The van der Waals surface area contributed by atoms with Gasteiger partial charge in [0.05, 0.1) is 11.7 Å². The summed E-state index contributed by atoms with van der Waals surface area (Å²) < 4.78 is 12.2. The number of ether oxygens (including phenoxy) is 2. The number of hydrogen-bond acceptors (Lipinski definition) is 6. The van der Waals surface area contributed by atoms with Crippen LogP contribution in [0.3, 0.4) is 0 Å². The maximum absolute atomic E-state index is 13.2. The van der Waals surface area contributed by atoms with E-state index in [9.17, 15) is 19.8 Å². The van der Waals surface area contributed by atoms with Crippen LogP contribution >= 0.6 is 0 Å². The van der Waals surface area contributed by atoms with Crippen LogP contribution in [0.1, 0.15) is 104 Å². The van der Waals surface area contributed by atoms with Gasteiger partial charge in [0.15, 0.2) is 0 Å². The van der Waals surface area contributed by atoms with Gasteiger partial charge in [0.1, 0.15) is 18.3 Å². The van der Waals surface area contributed by atoms with Crippen molar-refractivity contribution in [2.24, 2.45) is 39.9 Å². The van der Waals surface area contributed by atoms with Crippen LogP contribution in [0, 0.1) is 39.9 Å². The molecular weight excluding hydrogens is 564 g/mol. The predicted octanol–water partition coefficient (Wildman–Crippen LogP) is 7.60.